The Morgan fingerprint density at radius 3 is 2.32 bits per heavy atom. The number of rotatable bonds is 4. The first-order valence-electron chi connectivity index (χ1n) is 8.76. The number of nitrogens with zero attached hydrogens (tertiary/aromatic N) is 4. The van der Waals surface area contributed by atoms with Gasteiger partial charge in [-0.25, -0.2) is 4.79 Å². The molecular formula is C22H16N4O2. The van der Waals surface area contributed by atoms with Crippen LogP contribution in [-0.4, -0.2) is 21.8 Å². The van der Waals surface area contributed by atoms with E-state index in [9.17, 15) is 4.79 Å². The first-order valence-corrected chi connectivity index (χ1v) is 8.76. The van der Waals surface area contributed by atoms with E-state index in [2.05, 4.69) is 11.1 Å². The lowest BCUT2D eigenvalue weighted by Crippen LogP contribution is -2.18. The molecule has 0 saturated heterocycles. The second-order valence-electron chi connectivity index (χ2n) is 6.43. The van der Waals surface area contributed by atoms with E-state index in [0.717, 1.165) is 22.5 Å². The number of anilines is 1. The maximum atomic E-state index is 11.1. The fourth-order valence-electron chi connectivity index (χ4n) is 3.26. The van der Waals surface area contributed by atoms with Gasteiger partial charge in [-0.3, -0.25) is 9.99 Å². The number of benzene rings is 2. The van der Waals surface area contributed by atoms with Crippen molar-refractivity contribution >= 4 is 17.4 Å². The molecule has 0 radical (unpaired) electrons. The molecule has 6 heteroatoms. The third-order valence-electron chi connectivity index (χ3n) is 4.73. The van der Waals surface area contributed by atoms with Gasteiger partial charge in [-0.2, -0.15) is 10.4 Å². The molecule has 1 unspecified atom stereocenters. The zero-order chi connectivity index (χ0) is 19.5. The van der Waals surface area contributed by atoms with Gasteiger partial charge >= 0.3 is 5.97 Å². The summed E-state index contributed by atoms with van der Waals surface area (Å²) in [5.41, 5.74) is 4.58. The number of carbonyl (C=O) groups is 1. The van der Waals surface area contributed by atoms with E-state index in [1.807, 2.05) is 29.3 Å². The summed E-state index contributed by atoms with van der Waals surface area (Å²) >= 11 is 0. The van der Waals surface area contributed by atoms with E-state index >= 15 is 0 Å². The molecule has 1 aromatic heterocycles. The van der Waals surface area contributed by atoms with Crippen LogP contribution >= 0.6 is 0 Å². The van der Waals surface area contributed by atoms with E-state index in [1.165, 1.54) is 0 Å². The Labute approximate surface area is 162 Å². The van der Waals surface area contributed by atoms with Gasteiger partial charge in [0.05, 0.1) is 34.6 Å². The molecule has 28 heavy (non-hydrogen) atoms. The summed E-state index contributed by atoms with van der Waals surface area (Å²) < 4.78 is 0. The summed E-state index contributed by atoms with van der Waals surface area (Å²) in [6.45, 7) is 0. The minimum absolute atomic E-state index is 0.00918. The maximum absolute atomic E-state index is 11.1. The molecule has 1 atom stereocenters. The molecule has 0 spiro atoms. The summed E-state index contributed by atoms with van der Waals surface area (Å²) in [6, 6.07) is 20.1. The molecule has 1 N–H and O–H groups in total. The SMILES string of the molecule is N#Cc1ccc(N2N=C(c3ccc(C(=O)O)cc3)CC2c2ccncc2)cc1. The molecule has 2 aromatic carbocycles. The van der Waals surface area contributed by atoms with Gasteiger partial charge in [-0.1, -0.05) is 12.1 Å². The quantitative estimate of drug-likeness (QED) is 0.751. The summed E-state index contributed by atoms with van der Waals surface area (Å²) in [6.07, 6.45) is 4.19. The van der Waals surface area contributed by atoms with Crippen LogP contribution in [0.2, 0.25) is 0 Å². The molecule has 0 aliphatic carbocycles. The maximum Gasteiger partial charge on any atom is 0.335 e. The van der Waals surface area contributed by atoms with Gasteiger partial charge in [-0.15, -0.1) is 0 Å². The first-order chi connectivity index (χ1) is 13.7. The topological polar surface area (TPSA) is 89.6 Å². The number of pyridine rings is 1. The monoisotopic (exact) mass is 368 g/mol. The van der Waals surface area contributed by atoms with Crippen molar-refractivity contribution in [3.05, 3.63) is 95.3 Å². The summed E-state index contributed by atoms with van der Waals surface area (Å²) in [5, 5.41) is 24.9. The Hall–Kier alpha value is -3.98. The van der Waals surface area contributed by atoms with E-state index in [4.69, 9.17) is 15.5 Å². The highest BCUT2D eigenvalue weighted by Crippen LogP contribution is 2.36. The number of nitriles is 1. The van der Waals surface area contributed by atoms with Crippen molar-refractivity contribution in [2.24, 2.45) is 5.10 Å². The molecule has 0 saturated carbocycles. The zero-order valence-corrected chi connectivity index (χ0v) is 14.9. The van der Waals surface area contributed by atoms with Crippen molar-refractivity contribution in [1.82, 2.24) is 4.98 Å². The smallest absolute Gasteiger partial charge is 0.335 e. The largest absolute Gasteiger partial charge is 0.478 e. The Balaban J connectivity index is 1.72. The number of carboxylic acid groups (broad SMARTS) is 1. The van der Waals surface area contributed by atoms with Crippen molar-refractivity contribution in [2.45, 2.75) is 12.5 Å². The third kappa shape index (κ3) is 3.33. The highest BCUT2D eigenvalue weighted by atomic mass is 16.4. The van der Waals surface area contributed by atoms with Gasteiger partial charge in [0.1, 0.15) is 0 Å². The molecule has 6 nitrogen and oxygen atoms in total. The molecule has 136 valence electrons. The van der Waals surface area contributed by atoms with Crippen molar-refractivity contribution in [3.8, 4) is 6.07 Å². The zero-order valence-electron chi connectivity index (χ0n) is 14.9. The van der Waals surface area contributed by atoms with Gasteiger partial charge in [0.2, 0.25) is 0 Å². The Morgan fingerprint density at radius 2 is 1.71 bits per heavy atom. The number of aromatic carboxylic acids is 1. The molecule has 0 bridgehead atoms. The predicted octanol–water partition coefficient (Wildman–Crippen LogP) is 4.01. The molecule has 3 aromatic rings. The molecule has 2 heterocycles. The van der Waals surface area contributed by atoms with E-state index in [1.54, 1.807) is 48.8 Å². The molecule has 1 aliphatic rings. The van der Waals surface area contributed by atoms with E-state index in [0.29, 0.717) is 12.0 Å². The third-order valence-corrected chi connectivity index (χ3v) is 4.73. The van der Waals surface area contributed by atoms with Crippen LogP contribution in [-0.2, 0) is 0 Å². The van der Waals surface area contributed by atoms with E-state index in [-0.39, 0.29) is 11.6 Å². The highest BCUT2D eigenvalue weighted by Gasteiger charge is 2.30. The molecular weight excluding hydrogens is 352 g/mol. The number of aromatic nitrogens is 1. The van der Waals surface area contributed by atoms with Gasteiger partial charge < -0.3 is 5.11 Å². The fourth-order valence-corrected chi connectivity index (χ4v) is 3.26. The van der Waals surface area contributed by atoms with Crippen molar-refractivity contribution in [3.63, 3.8) is 0 Å². The van der Waals surface area contributed by atoms with Crippen molar-refractivity contribution in [2.75, 3.05) is 5.01 Å². The van der Waals surface area contributed by atoms with Gasteiger partial charge in [-0.05, 0) is 59.7 Å². The highest BCUT2D eigenvalue weighted by molar-refractivity contribution is 6.03. The minimum Gasteiger partial charge on any atom is -0.478 e. The Kier molecular flexibility index (Phi) is 4.56. The predicted molar refractivity (Wildman–Crippen MR) is 105 cm³/mol. The second kappa shape index (κ2) is 7.33. The summed E-state index contributed by atoms with van der Waals surface area (Å²) in [5.74, 6) is -0.950. The van der Waals surface area contributed by atoms with Gasteiger partial charge in [0.25, 0.3) is 0 Å². The minimum atomic E-state index is -0.950. The average molecular weight is 368 g/mol. The summed E-state index contributed by atoms with van der Waals surface area (Å²) in [4.78, 5) is 15.2. The lowest BCUT2D eigenvalue weighted by molar-refractivity contribution is 0.0697. The van der Waals surface area contributed by atoms with Crippen LogP contribution in [0, 0.1) is 11.3 Å². The Bertz CT molecular complexity index is 1070. The normalized spacial score (nSPS) is 15.8. The fraction of sp³-hybridized carbons (Fsp3) is 0.0909. The lowest BCUT2D eigenvalue weighted by atomic mass is 9.98. The van der Waals surface area contributed by atoms with Crippen LogP contribution < -0.4 is 5.01 Å². The molecule has 0 amide bonds. The molecule has 0 fully saturated rings. The average Bonchev–Trinajstić information content (AvgIpc) is 3.20. The van der Waals surface area contributed by atoms with Crippen LogP contribution in [0.3, 0.4) is 0 Å². The standard InChI is InChI=1S/C22H16N4O2/c23-14-15-1-7-19(8-2-15)26-21(17-9-11-24-12-10-17)13-20(25-26)16-3-5-18(6-4-16)22(27)28/h1-12,21H,13H2,(H,27,28). The summed E-state index contributed by atoms with van der Waals surface area (Å²) in [7, 11) is 0. The molecule has 4 rings (SSSR count). The number of carboxylic acids is 1. The first kappa shape index (κ1) is 17.4. The van der Waals surface area contributed by atoms with Crippen molar-refractivity contribution < 1.29 is 9.90 Å². The molecule has 1 aliphatic heterocycles. The Morgan fingerprint density at radius 1 is 1.04 bits per heavy atom. The van der Waals surface area contributed by atoms with Crippen LogP contribution in [0.1, 0.15) is 39.5 Å². The van der Waals surface area contributed by atoms with Crippen LogP contribution in [0.4, 0.5) is 5.69 Å². The lowest BCUT2D eigenvalue weighted by Gasteiger charge is -2.23. The van der Waals surface area contributed by atoms with Crippen LogP contribution in [0.15, 0.2) is 78.2 Å². The second-order valence-corrected chi connectivity index (χ2v) is 6.43. The number of hydrogen-bond donors (Lipinski definition) is 1. The number of hydrazone groups is 1. The van der Waals surface area contributed by atoms with Gasteiger partial charge in [0.15, 0.2) is 0 Å². The van der Waals surface area contributed by atoms with E-state index < -0.39 is 5.97 Å². The van der Waals surface area contributed by atoms with Crippen molar-refractivity contribution in [1.29, 1.82) is 5.26 Å². The van der Waals surface area contributed by atoms with Gasteiger partial charge in [0, 0.05) is 18.8 Å². The van der Waals surface area contributed by atoms with Crippen LogP contribution in [0.5, 0.6) is 0 Å². The van der Waals surface area contributed by atoms with Crippen LogP contribution in [0.25, 0.3) is 0 Å². The number of hydrogen-bond acceptors (Lipinski definition) is 5.